The molecule has 0 saturated carbocycles. The quantitative estimate of drug-likeness (QED) is 0.670. The molecule has 4 rings (SSSR count). The minimum absolute atomic E-state index is 0.210. The number of amides is 2. The molecule has 0 radical (unpaired) electrons. The van der Waals surface area contributed by atoms with E-state index in [2.05, 4.69) is 10.6 Å². The zero-order valence-corrected chi connectivity index (χ0v) is 15.7. The molecule has 138 valence electrons. The second-order valence-corrected chi connectivity index (χ2v) is 7.55. The summed E-state index contributed by atoms with van der Waals surface area (Å²) in [6, 6.07) is 13.8. The summed E-state index contributed by atoms with van der Waals surface area (Å²) >= 11 is 6.06. The Bertz CT molecular complexity index is 1040. The van der Waals surface area contributed by atoms with Gasteiger partial charge in [0, 0.05) is 46.8 Å². The van der Waals surface area contributed by atoms with E-state index < -0.39 is 5.54 Å². The molecule has 0 bridgehead atoms. The first-order valence-electron chi connectivity index (χ1n) is 8.89. The highest BCUT2D eigenvalue weighted by Crippen LogP contribution is 2.32. The number of nitrogens with zero attached hydrogens (tertiary/aromatic N) is 1. The SMILES string of the molecule is CC1(n2cc3cccc(NCc4cccc(Cl)c4)c3c2)CCC(=O)NC1=O. The molecule has 1 atom stereocenters. The molecule has 27 heavy (non-hydrogen) atoms. The fourth-order valence-electron chi connectivity index (χ4n) is 3.49. The monoisotopic (exact) mass is 381 g/mol. The third-order valence-corrected chi connectivity index (χ3v) is 5.44. The summed E-state index contributed by atoms with van der Waals surface area (Å²) in [5.74, 6) is -0.467. The van der Waals surface area contributed by atoms with Crippen LogP contribution in [-0.2, 0) is 21.7 Å². The number of hydrogen-bond acceptors (Lipinski definition) is 3. The summed E-state index contributed by atoms with van der Waals surface area (Å²) in [5.41, 5.74) is 1.31. The molecule has 2 amide bonds. The van der Waals surface area contributed by atoms with Crippen LogP contribution in [0.25, 0.3) is 10.8 Å². The van der Waals surface area contributed by atoms with E-state index in [1.54, 1.807) is 0 Å². The molecule has 2 aromatic carbocycles. The number of fused-ring (bicyclic) bond motifs is 1. The van der Waals surface area contributed by atoms with E-state index >= 15 is 0 Å². The molecule has 1 aliphatic rings. The molecular weight excluding hydrogens is 362 g/mol. The molecule has 1 aliphatic heterocycles. The maximum atomic E-state index is 12.5. The van der Waals surface area contributed by atoms with Crippen LogP contribution in [0.3, 0.4) is 0 Å². The number of nitrogens with one attached hydrogen (secondary N) is 2. The van der Waals surface area contributed by atoms with Crippen LogP contribution in [-0.4, -0.2) is 16.4 Å². The van der Waals surface area contributed by atoms with Crippen molar-refractivity contribution in [3.05, 3.63) is 65.4 Å². The number of carbonyl (C=O) groups excluding carboxylic acids is 2. The predicted molar refractivity (Wildman–Crippen MR) is 107 cm³/mol. The Kier molecular flexibility index (Phi) is 4.40. The van der Waals surface area contributed by atoms with Gasteiger partial charge in [-0.15, -0.1) is 0 Å². The molecule has 2 heterocycles. The van der Waals surface area contributed by atoms with Gasteiger partial charge in [-0.3, -0.25) is 14.9 Å². The molecular formula is C21H20ClN3O2. The molecule has 6 heteroatoms. The van der Waals surface area contributed by atoms with Gasteiger partial charge in [0.05, 0.1) is 0 Å². The van der Waals surface area contributed by atoms with Crippen molar-refractivity contribution in [1.29, 1.82) is 0 Å². The van der Waals surface area contributed by atoms with Crippen molar-refractivity contribution in [3.63, 3.8) is 0 Å². The lowest BCUT2D eigenvalue weighted by molar-refractivity contribution is -0.140. The fourth-order valence-corrected chi connectivity index (χ4v) is 3.70. The van der Waals surface area contributed by atoms with Crippen molar-refractivity contribution in [2.75, 3.05) is 5.32 Å². The van der Waals surface area contributed by atoms with Gasteiger partial charge in [0.25, 0.3) is 5.91 Å². The van der Waals surface area contributed by atoms with Crippen LogP contribution in [0.5, 0.6) is 0 Å². The Labute approximate surface area is 162 Å². The van der Waals surface area contributed by atoms with E-state index in [1.165, 1.54) is 0 Å². The third-order valence-electron chi connectivity index (χ3n) is 5.21. The number of carbonyl (C=O) groups is 2. The van der Waals surface area contributed by atoms with Crippen molar-refractivity contribution in [3.8, 4) is 0 Å². The van der Waals surface area contributed by atoms with E-state index in [-0.39, 0.29) is 11.8 Å². The zero-order valence-electron chi connectivity index (χ0n) is 15.0. The number of benzene rings is 2. The van der Waals surface area contributed by atoms with Crippen molar-refractivity contribution in [2.24, 2.45) is 0 Å². The van der Waals surface area contributed by atoms with Gasteiger partial charge in [-0.05, 0) is 37.1 Å². The molecule has 0 spiro atoms. The van der Waals surface area contributed by atoms with Gasteiger partial charge >= 0.3 is 0 Å². The Morgan fingerprint density at radius 3 is 2.78 bits per heavy atom. The summed E-state index contributed by atoms with van der Waals surface area (Å²) in [4.78, 5) is 24.0. The van der Waals surface area contributed by atoms with Crippen LogP contribution in [0, 0.1) is 0 Å². The maximum absolute atomic E-state index is 12.5. The molecule has 5 nitrogen and oxygen atoms in total. The van der Waals surface area contributed by atoms with Gasteiger partial charge in [-0.2, -0.15) is 0 Å². The molecule has 1 aromatic heterocycles. The normalized spacial score (nSPS) is 19.9. The highest BCUT2D eigenvalue weighted by atomic mass is 35.5. The van der Waals surface area contributed by atoms with Crippen molar-refractivity contribution < 1.29 is 9.59 Å². The Balaban J connectivity index is 1.64. The minimum atomic E-state index is -0.767. The van der Waals surface area contributed by atoms with Crippen LogP contribution in [0.1, 0.15) is 25.3 Å². The Morgan fingerprint density at radius 2 is 2.00 bits per heavy atom. The van der Waals surface area contributed by atoms with Crippen LogP contribution in [0.15, 0.2) is 54.9 Å². The van der Waals surface area contributed by atoms with Crippen LogP contribution < -0.4 is 10.6 Å². The highest BCUT2D eigenvalue weighted by Gasteiger charge is 2.39. The lowest BCUT2D eigenvalue weighted by Crippen LogP contribution is -2.52. The standard InChI is InChI=1S/C21H20ClN3O2/c1-21(9-8-19(26)24-20(21)27)25-12-15-5-3-7-18(17(15)13-25)23-11-14-4-2-6-16(22)10-14/h2-7,10,12-13,23H,8-9,11H2,1H3,(H,24,26,27). The lowest BCUT2D eigenvalue weighted by Gasteiger charge is -2.33. The van der Waals surface area contributed by atoms with Crippen LogP contribution >= 0.6 is 11.6 Å². The topological polar surface area (TPSA) is 63.1 Å². The van der Waals surface area contributed by atoms with Crippen LogP contribution in [0.2, 0.25) is 5.02 Å². The van der Waals surface area contributed by atoms with Crippen molar-refractivity contribution >= 4 is 39.9 Å². The van der Waals surface area contributed by atoms with Gasteiger partial charge in [0.1, 0.15) is 5.54 Å². The largest absolute Gasteiger partial charge is 0.380 e. The molecule has 0 aliphatic carbocycles. The summed E-state index contributed by atoms with van der Waals surface area (Å²) in [6.45, 7) is 2.52. The second-order valence-electron chi connectivity index (χ2n) is 7.11. The van der Waals surface area contributed by atoms with Crippen molar-refractivity contribution in [1.82, 2.24) is 9.88 Å². The summed E-state index contributed by atoms with van der Waals surface area (Å²) in [6.07, 6.45) is 4.78. The minimum Gasteiger partial charge on any atom is -0.380 e. The highest BCUT2D eigenvalue weighted by molar-refractivity contribution is 6.30. The van der Waals surface area contributed by atoms with E-state index in [0.717, 1.165) is 22.0 Å². The molecule has 1 fully saturated rings. The Morgan fingerprint density at radius 1 is 1.19 bits per heavy atom. The van der Waals surface area contributed by atoms with E-state index in [9.17, 15) is 9.59 Å². The van der Waals surface area contributed by atoms with E-state index in [1.807, 2.05) is 66.3 Å². The summed E-state index contributed by atoms with van der Waals surface area (Å²) in [7, 11) is 0. The van der Waals surface area contributed by atoms with Gasteiger partial charge in [-0.25, -0.2) is 0 Å². The Hall–Kier alpha value is -2.79. The zero-order chi connectivity index (χ0) is 19.0. The van der Waals surface area contributed by atoms with E-state index in [4.69, 9.17) is 11.6 Å². The first-order valence-corrected chi connectivity index (χ1v) is 9.27. The number of imide groups is 1. The van der Waals surface area contributed by atoms with E-state index in [0.29, 0.717) is 24.4 Å². The molecule has 2 N–H and O–H groups in total. The third kappa shape index (κ3) is 3.30. The number of hydrogen-bond donors (Lipinski definition) is 2. The van der Waals surface area contributed by atoms with Crippen molar-refractivity contribution in [2.45, 2.75) is 31.8 Å². The molecule has 1 saturated heterocycles. The van der Waals surface area contributed by atoms with Gasteiger partial charge in [-0.1, -0.05) is 35.9 Å². The number of rotatable bonds is 4. The maximum Gasteiger partial charge on any atom is 0.252 e. The lowest BCUT2D eigenvalue weighted by atomic mass is 9.91. The fraction of sp³-hybridized carbons (Fsp3) is 0.238. The smallest absolute Gasteiger partial charge is 0.252 e. The first-order chi connectivity index (χ1) is 13.0. The average molecular weight is 382 g/mol. The average Bonchev–Trinajstić information content (AvgIpc) is 3.09. The summed E-state index contributed by atoms with van der Waals surface area (Å²) < 4.78 is 1.92. The number of halogens is 1. The van der Waals surface area contributed by atoms with Crippen LogP contribution in [0.4, 0.5) is 5.69 Å². The number of piperidine rings is 1. The van der Waals surface area contributed by atoms with Gasteiger partial charge in [0.2, 0.25) is 5.91 Å². The molecule has 1 unspecified atom stereocenters. The summed E-state index contributed by atoms with van der Waals surface area (Å²) in [5, 5.41) is 8.69. The molecule has 3 aromatic rings. The second kappa shape index (κ2) is 6.74. The number of anilines is 1. The van der Waals surface area contributed by atoms with Gasteiger partial charge < -0.3 is 9.88 Å². The van der Waals surface area contributed by atoms with Gasteiger partial charge in [0.15, 0.2) is 0 Å². The number of aromatic nitrogens is 1. The predicted octanol–water partition coefficient (Wildman–Crippen LogP) is 4.06. The first kappa shape index (κ1) is 17.6.